The standard InChI is InChI=1S/C13H21NO2/c1-11(2)12(3)6-7-13(11,8-9(12)15)10(16)14(4)5/h6-8H2,1-5H3/t12-,13-/m0/s1. The van der Waals surface area contributed by atoms with Crippen molar-refractivity contribution in [3.8, 4) is 0 Å². The minimum Gasteiger partial charge on any atom is -0.348 e. The molecule has 0 spiro atoms. The van der Waals surface area contributed by atoms with Crippen molar-refractivity contribution in [3.05, 3.63) is 0 Å². The number of ketones is 1. The molecule has 2 bridgehead atoms. The van der Waals surface area contributed by atoms with Crippen LogP contribution in [0.5, 0.6) is 0 Å². The van der Waals surface area contributed by atoms with Gasteiger partial charge in [0.15, 0.2) is 0 Å². The fourth-order valence-corrected chi connectivity index (χ4v) is 3.76. The lowest BCUT2D eigenvalue weighted by molar-refractivity contribution is -0.145. The summed E-state index contributed by atoms with van der Waals surface area (Å²) in [6.07, 6.45) is 2.16. The highest BCUT2D eigenvalue weighted by Gasteiger charge is 2.72. The van der Waals surface area contributed by atoms with E-state index >= 15 is 0 Å². The van der Waals surface area contributed by atoms with Crippen molar-refractivity contribution in [2.24, 2.45) is 16.2 Å². The van der Waals surface area contributed by atoms with Crippen molar-refractivity contribution in [1.29, 1.82) is 0 Å². The molecule has 2 fully saturated rings. The van der Waals surface area contributed by atoms with Crippen LogP contribution >= 0.6 is 0 Å². The quantitative estimate of drug-likeness (QED) is 0.680. The average molecular weight is 223 g/mol. The van der Waals surface area contributed by atoms with Gasteiger partial charge >= 0.3 is 0 Å². The van der Waals surface area contributed by atoms with Crippen molar-refractivity contribution >= 4 is 11.7 Å². The number of hydrogen-bond donors (Lipinski definition) is 0. The van der Waals surface area contributed by atoms with Crippen LogP contribution in [0.3, 0.4) is 0 Å². The molecule has 2 aliphatic rings. The predicted octanol–water partition coefficient (Wildman–Crippen LogP) is 1.86. The van der Waals surface area contributed by atoms with E-state index in [1.807, 2.05) is 6.92 Å². The van der Waals surface area contributed by atoms with Crippen LogP contribution in [0.2, 0.25) is 0 Å². The Balaban J connectivity index is 2.52. The van der Waals surface area contributed by atoms with Crippen LogP contribution in [0.4, 0.5) is 0 Å². The first kappa shape index (κ1) is 11.6. The molecule has 0 aromatic rings. The number of amides is 1. The van der Waals surface area contributed by atoms with E-state index in [1.165, 1.54) is 0 Å². The topological polar surface area (TPSA) is 37.4 Å². The summed E-state index contributed by atoms with van der Waals surface area (Å²) in [5.74, 6) is 0.408. The van der Waals surface area contributed by atoms with Crippen molar-refractivity contribution in [3.63, 3.8) is 0 Å². The van der Waals surface area contributed by atoms with Gasteiger partial charge in [0.05, 0.1) is 5.41 Å². The third-order valence-corrected chi connectivity index (χ3v) is 5.52. The molecule has 0 saturated heterocycles. The molecule has 2 aliphatic carbocycles. The zero-order valence-corrected chi connectivity index (χ0v) is 10.9. The zero-order valence-electron chi connectivity index (χ0n) is 10.9. The molecule has 0 N–H and O–H groups in total. The Labute approximate surface area is 97.2 Å². The highest BCUT2D eigenvalue weighted by atomic mass is 16.2. The smallest absolute Gasteiger partial charge is 0.229 e. The highest BCUT2D eigenvalue weighted by molar-refractivity contribution is 5.99. The van der Waals surface area contributed by atoms with Crippen LogP contribution in [-0.4, -0.2) is 30.7 Å². The summed E-state index contributed by atoms with van der Waals surface area (Å²) in [6, 6.07) is 0. The second kappa shape index (κ2) is 2.88. The Morgan fingerprint density at radius 1 is 1.19 bits per heavy atom. The van der Waals surface area contributed by atoms with E-state index in [4.69, 9.17) is 0 Å². The molecule has 2 rings (SSSR count). The Bertz CT molecular complexity index is 372. The summed E-state index contributed by atoms with van der Waals surface area (Å²) in [5.41, 5.74) is -0.945. The molecule has 0 radical (unpaired) electrons. The number of carbonyl (C=O) groups excluding carboxylic acids is 2. The van der Waals surface area contributed by atoms with Crippen LogP contribution < -0.4 is 0 Å². The largest absolute Gasteiger partial charge is 0.348 e. The van der Waals surface area contributed by atoms with Gasteiger partial charge < -0.3 is 4.90 Å². The lowest BCUT2D eigenvalue weighted by Crippen LogP contribution is -2.46. The van der Waals surface area contributed by atoms with Gasteiger partial charge in [0.2, 0.25) is 5.91 Å². The van der Waals surface area contributed by atoms with Crippen LogP contribution in [0.15, 0.2) is 0 Å². The van der Waals surface area contributed by atoms with E-state index in [9.17, 15) is 9.59 Å². The minimum absolute atomic E-state index is 0.132. The third kappa shape index (κ3) is 0.950. The molecule has 0 heterocycles. The molecule has 1 amide bonds. The normalized spacial score (nSPS) is 40.2. The summed E-state index contributed by atoms with van der Waals surface area (Å²) < 4.78 is 0. The van der Waals surface area contributed by atoms with Crippen molar-refractivity contribution in [2.75, 3.05) is 14.1 Å². The Morgan fingerprint density at radius 3 is 2.06 bits per heavy atom. The number of Topliss-reactive ketones (excluding diaryl/α,β-unsaturated/α-hetero) is 1. The fourth-order valence-electron chi connectivity index (χ4n) is 3.76. The van der Waals surface area contributed by atoms with Gasteiger partial charge in [-0.1, -0.05) is 20.8 Å². The number of rotatable bonds is 1. The lowest BCUT2D eigenvalue weighted by atomic mass is 9.64. The first-order chi connectivity index (χ1) is 7.19. The van der Waals surface area contributed by atoms with Gasteiger partial charge in [0, 0.05) is 25.9 Å². The molecule has 0 aromatic heterocycles. The Morgan fingerprint density at radius 2 is 1.75 bits per heavy atom. The lowest BCUT2D eigenvalue weighted by Gasteiger charge is -2.40. The van der Waals surface area contributed by atoms with Crippen molar-refractivity contribution in [2.45, 2.75) is 40.0 Å². The summed E-state index contributed by atoms with van der Waals surface area (Å²) in [7, 11) is 3.57. The summed E-state index contributed by atoms with van der Waals surface area (Å²) >= 11 is 0. The van der Waals surface area contributed by atoms with Crippen LogP contribution in [0.25, 0.3) is 0 Å². The zero-order chi connectivity index (χ0) is 12.4. The van der Waals surface area contributed by atoms with E-state index in [2.05, 4.69) is 13.8 Å². The maximum Gasteiger partial charge on any atom is 0.229 e. The Hall–Kier alpha value is -0.860. The SMILES string of the molecule is CN(C)C(=O)[C@]12CC[C@@](C)(C(=O)C1)C2(C)C. The van der Waals surface area contributed by atoms with Gasteiger partial charge in [-0.3, -0.25) is 9.59 Å². The van der Waals surface area contributed by atoms with Gasteiger partial charge in [-0.2, -0.15) is 0 Å². The molecule has 3 nitrogen and oxygen atoms in total. The maximum absolute atomic E-state index is 12.4. The second-order valence-corrected chi connectivity index (χ2v) is 6.34. The molecule has 2 saturated carbocycles. The summed E-state index contributed by atoms with van der Waals surface area (Å²) in [6.45, 7) is 6.21. The average Bonchev–Trinajstić information content (AvgIpc) is 2.46. The van der Waals surface area contributed by atoms with E-state index in [0.717, 1.165) is 12.8 Å². The number of carbonyl (C=O) groups is 2. The molecule has 0 aliphatic heterocycles. The number of hydrogen-bond acceptors (Lipinski definition) is 2. The number of nitrogens with zero attached hydrogens (tertiary/aromatic N) is 1. The van der Waals surface area contributed by atoms with E-state index in [-0.39, 0.29) is 22.5 Å². The molecule has 2 atom stereocenters. The van der Waals surface area contributed by atoms with E-state index < -0.39 is 5.41 Å². The van der Waals surface area contributed by atoms with Crippen molar-refractivity contribution < 1.29 is 9.59 Å². The maximum atomic E-state index is 12.4. The van der Waals surface area contributed by atoms with Gasteiger partial charge in [-0.15, -0.1) is 0 Å². The second-order valence-electron chi connectivity index (χ2n) is 6.34. The predicted molar refractivity (Wildman–Crippen MR) is 61.9 cm³/mol. The highest BCUT2D eigenvalue weighted by Crippen LogP contribution is 2.70. The molecule has 3 heteroatoms. The third-order valence-electron chi connectivity index (χ3n) is 5.52. The number of fused-ring (bicyclic) bond motifs is 2. The fraction of sp³-hybridized carbons (Fsp3) is 0.846. The summed E-state index contributed by atoms with van der Waals surface area (Å²) in [4.78, 5) is 26.2. The van der Waals surface area contributed by atoms with Gasteiger partial charge in [-0.25, -0.2) is 0 Å². The molecular formula is C13H21NO2. The molecule has 90 valence electrons. The minimum atomic E-state index is -0.442. The Kier molecular flexibility index (Phi) is 2.09. The first-order valence-corrected chi connectivity index (χ1v) is 5.94. The van der Waals surface area contributed by atoms with Gasteiger partial charge in [0.1, 0.15) is 5.78 Å². The molecule has 16 heavy (non-hydrogen) atoms. The van der Waals surface area contributed by atoms with Crippen molar-refractivity contribution in [1.82, 2.24) is 4.90 Å². The van der Waals surface area contributed by atoms with Crippen LogP contribution in [0.1, 0.15) is 40.0 Å². The van der Waals surface area contributed by atoms with Crippen LogP contribution in [0, 0.1) is 16.2 Å². The van der Waals surface area contributed by atoms with E-state index in [1.54, 1.807) is 19.0 Å². The summed E-state index contributed by atoms with van der Waals surface area (Å²) in [5, 5.41) is 0. The van der Waals surface area contributed by atoms with Gasteiger partial charge in [-0.05, 0) is 18.3 Å². The van der Waals surface area contributed by atoms with Gasteiger partial charge in [0.25, 0.3) is 0 Å². The first-order valence-electron chi connectivity index (χ1n) is 5.94. The molecule has 0 aromatic carbocycles. The monoisotopic (exact) mass is 223 g/mol. The van der Waals surface area contributed by atoms with E-state index in [0.29, 0.717) is 6.42 Å². The van der Waals surface area contributed by atoms with Crippen LogP contribution in [-0.2, 0) is 9.59 Å². The molecule has 0 unspecified atom stereocenters. The molecular weight excluding hydrogens is 202 g/mol.